The van der Waals surface area contributed by atoms with E-state index < -0.39 is 4.92 Å². The Balaban J connectivity index is 2.28. The molecule has 0 saturated heterocycles. The van der Waals surface area contributed by atoms with Crippen LogP contribution in [-0.4, -0.2) is 31.7 Å². The number of benzene rings is 1. The van der Waals surface area contributed by atoms with Gasteiger partial charge in [0.1, 0.15) is 0 Å². The smallest absolute Gasteiger partial charge is 0.271 e. The van der Waals surface area contributed by atoms with E-state index in [2.05, 4.69) is 34.7 Å². The van der Waals surface area contributed by atoms with E-state index in [0.29, 0.717) is 29.0 Å². The molecule has 9 heteroatoms. The molecular formula is C12H15ClN6O2. The quantitative estimate of drug-likeness (QED) is 0.647. The fraction of sp³-hybridized carbons (Fsp3) is 0.417. The molecule has 1 aromatic heterocycles. The highest BCUT2D eigenvalue weighted by Crippen LogP contribution is 2.25. The van der Waals surface area contributed by atoms with E-state index in [0.717, 1.165) is 6.54 Å². The van der Waals surface area contributed by atoms with Gasteiger partial charge in [-0.05, 0) is 29.0 Å². The molecule has 0 unspecified atom stereocenters. The normalized spacial score (nSPS) is 11.0. The Morgan fingerprint density at radius 3 is 2.90 bits per heavy atom. The zero-order chi connectivity index (χ0) is 15.4. The number of rotatable bonds is 6. The summed E-state index contributed by atoms with van der Waals surface area (Å²) >= 11 is 6.09. The second-order valence-electron chi connectivity index (χ2n) is 4.92. The highest BCUT2D eigenvalue weighted by Gasteiger charge is 2.15. The number of hydrogen-bond acceptors (Lipinski definition) is 6. The molecule has 0 atom stereocenters. The number of tetrazole rings is 1. The summed E-state index contributed by atoms with van der Waals surface area (Å²) in [7, 11) is 0. The Labute approximate surface area is 126 Å². The van der Waals surface area contributed by atoms with Crippen LogP contribution in [0.1, 0.15) is 19.7 Å². The van der Waals surface area contributed by atoms with Gasteiger partial charge in [-0.25, -0.2) is 0 Å². The second-order valence-corrected chi connectivity index (χ2v) is 5.33. The highest BCUT2D eigenvalue weighted by molar-refractivity contribution is 6.32. The molecule has 0 aliphatic rings. The van der Waals surface area contributed by atoms with Crippen molar-refractivity contribution in [3.8, 4) is 5.69 Å². The summed E-state index contributed by atoms with van der Waals surface area (Å²) in [5, 5.41) is 25.8. The molecule has 0 saturated carbocycles. The summed E-state index contributed by atoms with van der Waals surface area (Å²) in [5.41, 5.74) is 0.322. The van der Waals surface area contributed by atoms with Gasteiger partial charge in [-0.15, -0.1) is 5.10 Å². The zero-order valence-electron chi connectivity index (χ0n) is 11.7. The first-order chi connectivity index (χ1) is 9.99. The predicted octanol–water partition coefficient (Wildman–Crippen LogP) is 1.97. The SMILES string of the molecule is CC(C)CNCc1nnnn1-c1cc([N+](=O)[O-])ccc1Cl. The third kappa shape index (κ3) is 3.73. The van der Waals surface area contributed by atoms with Crippen molar-refractivity contribution in [3.05, 3.63) is 39.2 Å². The maximum Gasteiger partial charge on any atom is 0.271 e. The largest absolute Gasteiger partial charge is 0.310 e. The van der Waals surface area contributed by atoms with E-state index in [9.17, 15) is 10.1 Å². The lowest BCUT2D eigenvalue weighted by molar-refractivity contribution is -0.384. The van der Waals surface area contributed by atoms with E-state index in [1.165, 1.54) is 22.9 Å². The average molecular weight is 311 g/mol. The Morgan fingerprint density at radius 2 is 2.24 bits per heavy atom. The first kappa shape index (κ1) is 15.3. The Kier molecular flexibility index (Phi) is 4.81. The standard InChI is InChI=1S/C12H15ClN6O2/c1-8(2)6-14-7-12-15-16-17-18(12)11-5-9(19(20)21)3-4-10(11)13/h3-5,8,14H,6-7H2,1-2H3. The minimum absolute atomic E-state index is 0.0639. The number of aromatic nitrogens is 4. The average Bonchev–Trinajstić information content (AvgIpc) is 2.87. The molecule has 1 N–H and O–H groups in total. The molecule has 21 heavy (non-hydrogen) atoms. The van der Waals surface area contributed by atoms with E-state index >= 15 is 0 Å². The van der Waals surface area contributed by atoms with Crippen LogP contribution in [0.15, 0.2) is 18.2 Å². The molecule has 0 bridgehead atoms. The minimum atomic E-state index is -0.485. The van der Waals surface area contributed by atoms with Crippen LogP contribution in [0.3, 0.4) is 0 Å². The van der Waals surface area contributed by atoms with Crippen molar-refractivity contribution in [1.82, 2.24) is 25.5 Å². The van der Waals surface area contributed by atoms with Gasteiger partial charge in [0.2, 0.25) is 0 Å². The molecule has 1 aromatic carbocycles. The molecule has 2 aromatic rings. The van der Waals surface area contributed by atoms with Crippen molar-refractivity contribution in [2.75, 3.05) is 6.54 Å². The molecule has 0 aliphatic heterocycles. The molecule has 0 amide bonds. The topological polar surface area (TPSA) is 98.8 Å². The van der Waals surface area contributed by atoms with Crippen LogP contribution in [0.2, 0.25) is 5.02 Å². The maximum absolute atomic E-state index is 10.9. The molecule has 8 nitrogen and oxygen atoms in total. The first-order valence-corrected chi connectivity index (χ1v) is 6.79. The number of nitrogens with zero attached hydrogens (tertiary/aromatic N) is 5. The molecule has 2 rings (SSSR count). The van der Waals surface area contributed by atoms with Crippen LogP contribution in [-0.2, 0) is 6.54 Å². The van der Waals surface area contributed by atoms with Crippen molar-refractivity contribution in [2.45, 2.75) is 20.4 Å². The van der Waals surface area contributed by atoms with E-state index in [1.54, 1.807) is 0 Å². The third-order valence-corrected chi connectivity index (χ3v) is 3.06. The Hall–Kier alpha value is -2.06. The van der Waals surface area contributed by atoms with Gasteiger partial charge in [0.05, 0.1) is 22.2 Å². The van der Waals surface area contributed by atoms with Crippen molar-refractivity contribution in [1.29, 1.82) is 0 Å². The van der Waals surface area contributed by atoms with Gasteiger partial charge in [-0.1, -0.05) is 25.4 Å². The summed E-state index contributed by atoms with van der Waals surface area (Å²) in [5.74, 6) is 1.04. The number of hydrogen-bond donors (Lipinski definition) is 1. The molecule has 0 fully saturated rings. The van der Waals surface area contributed by atoms with Gasteiger partial charge in [0.25, 0.3) is 5.69 Å². The van der Waals surface area contributed by atoms with Gasteiger partial charge < -0.3 is 5.32 Å². The number of nitro groups is 1. The fourth-order valence-corrected chi connectivity index (χ4v) is 1.95. The third-order valence-electron chi connectivity index (χ3n) is 2.74. The predicted molar refractivity (Wildman–Crippen MR) is 77.4 cm³/mol. The minimum Gasteiger partial charge on any atom is -0.310 e. The van der Waals surface area contributed by atoms with Gasteiger partial charge in [-0.3, -0.25) is 10.1 Å². The number of halogens is 1. The van der Waals surface area contributed by atoms with Gasteiger partial charge >= 0.3 is 0 Å². The highest BCUT2D eigenvalue weighted by atomic mass is 35.5. The molecule has 0 radical (unpaired) electrons. The van der Waals surface area contributed by atoms with Crippen LogP contribution in [0.4, 0.5) is 5.69 Å². The van der Waals surface area contributed by atoms with Crippen molar-refractivity contribution in [2.24, 2.45) is 5.92 Å². The molecule has 112 valence electrons. The van der Waals surface area contributed by atoms with Crippen molar-refractivity contribution >= 4 is 17.3 Å². The Morgan fingerprint density at radius 1 is 1.48 bits per heavy atom. The fourth-order valence-electron chi connectivity index (χ4n) is 1.75. The van der Waals surface area contributed by atoms with E-state index in [4.69, 9.17) is 11.6 Å². The molecule has 1 heterocycles. The zero-order valence-corrected chi connectivity index (χ0v) is 12.4. The lowest BCUT2D eigenvalue weighted by atomic mass is 10.2. The summed E-state index contributed by atoms with van der Waals surface area (Å²) in [6.45, 7) is 5.44. The van der Waals surface area contributed by atoms with Crippen LogP contribution >= 0.6 is 11.6 Å². The Bertz CT molecular complexity index is 642. The van der Waals surface area contributed by atoms with E-state index in [-0.39, 0.29) is 5.69 Å². The number of non-ortho nitro benzene ring substituents is 1. The van der Waals surface area contributed by atoms with Crippen LogP contribution in [0.25, 0.3) is 5.69 Å². The van der Waals surface area contributed by atoms with Gasteiger partial charge in [0, 0.05) is 12.1 Å². The summed E-state index contributed by atoms with van der Waals surface area (Å²) in [6, 6.07) is 4.15. The van der Waals surface area contributed by atoms with Gasteiger partial charge in [0.15, 0.2) is 5.82 Å². The second kappa shape index (κ2) is 6.59. The molecule has 0 aliphatic carbocycles. The number of nitrogens with one attached hydrogen (secondary N) is 1. The molecular weight excluding hydrogens is 296 g/mol. The van der Waals surface area contributed by atoms with Crippen LogP contribution in [0, 0.1) is 16.0 Å². The lowest BCUT2D eigenvalue weighted by Crippen LogP contribution is -2.21. The van der Waals surface area contributed by atoms with Crippen molar-refractivity contribution < 1.29 is 4.92 Å². The van der Waals surface area contributed by atoms with Crippen LogP contribution in [0.5, 0.6) is 0 Å². The summed E-state index contributed by atoms with van der Waals surface area (Å²) in [4.78, 5) is 10.4. The van der Waals surface area contributed by atoms with Gasteiger partial charge in [-0.2, -0.15) is 4.68 Å². The molecule has 0 spiro atoms. The monoisotopic (exact) mass is 310 g/mol. The van der Waals surface area contributed by atoms with E-state index in [1.807, 2.05) is 0 Å². The van der Waals surface area contributed by atoms with Crippen molar-refractivity contribution in [3.63, 3.8) is 0 Å². The summed E-state index contributed by atoms with van der Waals surface area (Å²) < 4.78 is 1.41. The van der Waals surface area contributed by atoms with Crippen LogP contribution < -0.4 is 5.32 Å². The number of nitro benzene ring substituents is 1. The lowest BCUT2D eigenvalue weighted by Gasteiger charge is -2.08. The summed E-state index contributed by atoms with van der Waals surface area (Å²) in [6.07, 6.45) is 0. The first-order valence-electron chi connectivity index (χ1n) is 6.41. The maximum atomic E-state index is 10.9.